The van der Waals surface area contributed by atoms with Crippen LogP contribution < -0.4 is 15.4 Å². The van der Waals surface area contributed by atoms with Crippen molar-refractivity contribution in [2.75, 3.05) is 26.2 Å². The van der Waals surface area contributed by atoms with Gasteiger partial charge in [0.2, 0.25) is 5.91 Å². The molecular weight excluding hydrogens is 306 g/mol. The van der Waals surface area contributed by atoms with Gasteiger partial charge in [0.1, 0.15) is 12.4 Å². The Balaban J connectivity index is 2.00. The summed E-state index contributed by atoms with van der Waals surface area (Å²) in [6.07, 6.45) is 2.10. The SMILES string of the molecule is CCCNC(=O)CCc1ccc2c(c1)CN(C(=O)NCC)CCO2. The zero-order valence-electron chi connectivity index (χ0n) is 14.6. The van der Waals surface area contributed by atoms with Gasteiger partial charge < -0.3 is 20.3 Å². The summed E-state index contributed by atoms with van der Waals surface area (Å²) in [6, 6.07) is 5.90. The number of fused-ring (bicyclic) bond motifs is 1. The second kappa shape index (κ2) is 9.15. The molecule has 2 N–H and O–H groups in total. The molecule has 0 aliphatic carbocycles. The minimum absolute atomic E-state index is 0.0710. The smallest absolute Gasteiger partial charge is 0.317 e. The molecule has 0 fully saturated rings. The Hall–Kier alpha value is -2.24. The Morgan fingerprint density at radius 2 is 2.08 bits per heavy atom. The van der Waals surface area contributed by atoms with Crippen molar-refractivity contribution in [3.63, 3.8) is 0 Å². The van der Waals surface area contributed by atoms with Crippen LogP contribution in [0.25, 0.3) is 0 Å². The lowest BCUT2D eigenvalue weighted by atomic mass is 10.0. The maximum atomic E-state index is 12.1. The van der Waals surface area contributed by atoms with Gasteiger partial charge in [-0.1, -0.05) is 19.1 Å². The Morgan fingerprint density at radius 1 is 1.25 bits per heavy atom. The standard InChI is InChI=1S/C18H27N3O3/c1-3-9-20-17(22)8-6-14-5-7-16-15(12-14)13-21(10-11-24-16)18(23)19-4-2/h5,7,12H,3-4,6,8-11,13H2,1-2H3,(H,19,23)(H,20,22). The van der Waals surface area contributed by atoms with Gasteiger partial charge >= 0.3 is 6.03 Å². The predicted molar refractivity (Wildman–Crippen MR) is 93.0 cm³/mol. The summed E-state index contributed by atoms with van der Waals surface area (Å²) < 4.78 is 5.74. The van der Waals surface area contributed by atoms with E-state index in [9.17, 15) is 9.59 Å². The number of carbonyl (C=O) groups is 2. The highest BCUT2D eigenvalue weighted by Gasteiger charge is 2.19. The van der Waals surface area contributed by atoms with E-state index in [2.05, 4.69) is 10.6 Å². The Morgan fingerprint density at radius 3 is 2.83 bits per heavy atom. The number of urea groups is 1. The first-order valence-corrected chi connectivity index (χ1v) is 8.68. The van der Waals surface area contributed by atoms with Crippen molar-refractivity contribution in [3.8, 4) is 5.75 Å². The van der Waals surface area contributed by atoms with Gasteiger partial charge in [-0.15, -0.1) is 0 Å². The highest BCUT2D eigenvalue weighted by molar-refractivity contribution is 5.76. The number of hydrogen-bond acceptors (Lipinski definition) is 3. The molecule has 132 valence electrons. The van der Waals surface area contributed by atoms with Gasteiger partial charge in [0.25, 0.3) is 0 Å². The van der Waals surface area contributed by atoms with Crippen LogP contribution in [0.15, 0.2) is 18.2 Å². The van der Waals surface area contributed by atoms with E-state index in [1.165, 1.54) is 0 Å². The maximum Gasteiger partial charge on any atom is 0.317 e. The van der Waals surface area contributed by atoms with Crippen molar-refractivity contribution in [1.29, 1.82) is 0 Å². The molecule has 6 nitrogen and oxygen atoms in total. The minimum Gasteiger partial charge on any atom is -0.491 e. The number of hydrogen-bond donors (Lipinski definition) is 2. The molecule has 1 aliphatic heterocycles. The number of aryl methyl sites for hydroxylation is 1. The second-order valence-corrected chi connectivity index (χ2v) is 5.90. The molecule has 0 saturated carbocycles. The summed E-state index contributed by atoms with van der Waals surface area (Å²) >= 11 is 0. The average molecular weight is 333 g/mol. The summed E-state index contributed by atoms with van der Waals surface area (Å²) in [5.41, 5.74) is 2.08. The van der Waals surface area contributed by atoms with E-state index >= 15 is 0 Å². The van der Waals surface area contributed by atoms with Crippen LogP contribution in [-0.4, -0.2) is 43.1 Å². The molecule has 3 amide bonds. The molecule has 2 rings (SSSR count). The molecule has 1 aliphatic rings. The number of nitrogens with one attached hydrogen (secondary N) is 2. The summed E-state index contributed by atoms with van der Waals surface area (Å²) in [5.74, 6) is 0.896. The molecule has 1 aromatic rings. The monoisotopic (exact) mass is 333 g/mol. The minimum atomic E-state index is -0.0710. The van der Waals surface area contributed by atoms with E-state index in [-0.39, 0.29) is 11.9 Å². The third-order valence-electron chi connectivity index (χ3n) is 3.93. The van der Waals surface area contributed by atoms with Crippen LogP contribution in [0, 0.1) is 0 Å². The predicted octanol–water partition coefficient (Wildman–Crippen LogP) is 2.07. The molecular formula is C18H27N3O3. The van der Waals surface area contributed by atoms with Gasteiger partial charge in [0.15, 0.2) is 0 Å². The van der Waals surface area contributed by atoms with Crippen molar-refractivity contribution in [2.24, 2.45) is 0 Å². The Kier molecular flexibility index (Phi) is 6.90. The third kappa shape index (κ3) is 5.15. The first kappa shape index (κ1) is 18.1. The zero-order valence-corrected chi connectivity index (χ0v) is 14.6. The van der Waals surface area contributed by atoms with E-state index in [0.29, 0.717) is 39.1 Å². The van der Waals surface area contributed by atoms with Crippen molar-refractivity contribution < 1.29 is 14.3 Å². The molecule has 0 spiro atoms. The molecule has 0 unspecified atom stereocenters. The normalized spacial score (nSPS) is 13.5. The molecule has 0 aromatic heterocycles. The molecule has 1 heterocycles. The maximum absolute atomic E-state index is 12.1. The van der Waals surface area contributed by atoms with Gasteiger partial charge in [-0.25, -0.2) is 4.79 Å². The van der Waals surface area contributed by atoms with E-state index in [1.807, 2.05) is 32.0 Å². The van der Waals surface area contributed by atoms with Gasteiger partial charge in [-0.2, -0.15) is 0 Å². The Bertz CT molecular complexity index is 575. The molecule has 0 radical (unpaired) electrons. The van der Waals surface area contributed by atoms with Crippen LogP contribution in [0.1, 0.15) is 37.8 Å². The fourth-order valence-electron chi connectivity index (χ4n) is 2.65. The Labute approximate surface area is 143 Å². The van der Waals surface area contributed by atoms with E-state index in [1.54, 1.807) is 4.90 Å². The average Bonchev–Trinajstić information content (AvgIpc) is 2.80. The van der Waals surface area contributed by atoms with Crippen molar-refractivity contribution in [3.05, 3.63) is 29.3 Å². The summed E-state index contributed by atoms with van der Waals surface area (Å²) in [5, 5.41) is 5.71. The van der Waals surface area contributed by atoms with E-state index < -0.39 is 0 Å². The molecule has 0 saturated heterocycles. The molecule has 1 aromatic carbocycles. The number of benzene rings is 1. The summed E-state index contributed by atoms with van der Waals surface area (Å²) in [4.78, 5) is 25.6. The van der Waals surface area contributed by atoms with Crippen molar-refractivity contribution in [1.82, 2.24) is 15.5 Å². The molecule has 0 bridgehead atoms. The number of carbonyl (C=O) groups excluding carboxylic acids is 2. The van der Waals surface area contributed by atoms with Gasteiger partial charge in [-0.3, -0.25) is 4.79 Å². The number of amides is 3. The molecule has 24 heavy (non-hydrogen) atoms. The van der Waals surface area contributed by atoms with Gasteiger partial charge in [0.05, 0.1) is 13.1 Å². The van der Waals surface area contributed by atoms with E-state index in [0.717, 1.165) is 29.8 Å². The zero-order chi connectivity index (χ0) is 17.4. The third-order valence-corrected chi connectivity index (χ3v) is 3.93. The number of ether oxygens (including phenoxy) is 1. The number of nitrogens with zero attached hydrogens (tertiary/aromatic N) is 1. The fraction of sp³-hybridized carbons (Fsp3) is 0.556. The largest absolute Gasteiger partial charge is 0.491 e. The topological polar surface area (TPSA) is 70.7 Å². The first-order chi connectivity index (χ1) is 11.6. The fourth-order valence-corrected chi connectivity index (χ4v) is 2.65. The quantitative estimate of drug-likeness (QED) is 0.837. The van der Waals surface area contributed by atoms with Crippen molar-refractivity contribution >= 4 is 11.9 Å². The summed E-state index contributed by atoms with van der Waals surface area (Å²) in [6.45, 7) is 6.85. The highest BCUT2D eigenvalue weighted by atomic mass is 16.5. The van der Waals surface area contributed by atoms with Crippen molar-refractivity contribution in [2.45, 2.75) is 39.7 Å². The number of rotatable bonds is 6. The summed E-state index contributed by atoms with van der Waals surface area (Å²) in [7, 11) is 0. The van der Waals surface area contributed by atoms with E-state index in [4.69, 9.17) is 4.74 Å². The van der Waals surface area contributed by atoms with Crippen LogP contribution in [0.4, 0.5) is 4.79 Å². The first-order valence-electron chi connectivity index (χ1n) is 8.68. The lowest BCUT2D eigenvalue weighted by molar-refractivity contribution is -0.121. The lowest BCUT2D eigenvalue weighted by Gasteiger charge is -2.20. The van der Waals surface area contributed by atoms with Crippen LogP contribution in [-0.2, 0) is 17.8 Å². The van der Waals surface area contributed by atoms with Crippen LogP contribution in [0.5, 0.6) is 5.75 Å². The van der Waals surface area contributed by atoms with Gasteiger partial charge in [0, 0.05) is 25.1 Å². The molecule has 6 heteroatoms. The second-order valence-electron chi connectivity index (χ2n) is 5.90. The van der Waals surface area contributed by atoms with Gasteiger partial charge in [-0.05, 0) is 31.4 Å². The molecule has 0 atom stereocenters. The van der Waals surface area contributed by atoms with Crippen LogP contribution >= 0.6 is 0 Å². The highest BCUT2D eigenvalue weighted by Crippen LogP contribution is 2.25. The van der Waals surface area contributed by atoms with Crippen LogP contribution in [0.3, 0.4) is 0 Å². The van der Waals surface area contributed by atoms with Crippen LogP contribution in [0.2, 0.25) is 0 Å². The lowest BCUT2D eigenvalue weighted by Crippen LogP contribution is -2.40.